The van der Waals surface area contributed by atoms with Crippen molar-refractivity contribution in [2.75, 3.05) is 18.0 Å². The Morgan fingerprint density at radius 3 is 2.34 bits per heavy atom. The second kappa shape index (κ2) is 8.95. The summed E-state index contributed by atoms with van der Waals surface area (Å²) in [4.78, 5) is 16.4. The minimum Gasteiger partial charge on any atom is -0.309 e. The molecule has 0 atom stereocenters. The van der Waals surface area contributed by atoms with E-state index in [1.807, 2.05) is 0 Å². The van der Waals surface area contributed by atoms with Crippen molar-refractivity contribution in [1.82, 2.24) is 4.90 Å². The lowest BCUT2D eigenvalue weighted by Gasteiger charge is -2.38. The molecule has 0 unspecified atom stereocenters. The van der Waals surface area contributed by atoms with Crippen molar-refractivity contribution < 1.29 is 22.4 Å². The quantitative estimate of drug-likeness (QED) is 0.631. The van der Waals surface area contributed by atoms with Crippen LogP contribution in [0.5, 0.6) is 0 Å². The Kier molecular flexibility index (Phi) is 6.57. The number of carbonyl (C=O) groups is 1. The third kappa shape index (κ3) is 5.35. The lowest BCUT2D eigenvalue weighted by molar-refractivity contribution is -0.137. The molecule has 1 aliphatic heterocycles. The van der Waals surface area contributed by atoms with Crippen molar-refractivity contribution in [2.24, 2.45) is 0 Å². The highest BCUT2D eigenvalue weighted by atomic mass is 19.4. The number of alkyl halides is 3. The van der Waals surface area contributed by atoms with Crippen molar-refractivity contribution in [3.8, 4) is 0 Å². The number of anilines is 1. The first-order chi connectivity index (χ1) is 13.8. The van der Waals surface area contributed by atoms with Gasteiger partial charge >= 0.3 is 6.18 Å². The number of hydrogen-bond acceptors (Lipinski definition) is 2. The smallest absolute Gasteiger partial charge is 0.309 e. The molecule has 0 bridgehead atoms. The molecule has 0 N–H and O–H groups in total. The molecule has 156 valence electrons. The Labute approximate surface area is 167 Å². The molecule has 0 aromatic heterocycles. The van der Waals surface area contributed by atoms with Crippen LogP contribution in [0.25, 0.3) is 0 Å². The first-order valence-corrected chi connectivity index (χ1v) is 9.74. The fraction of sp³-hybridized carbons (Fsp3) is 0.409. The van der Waals surface area contributed by atoms with Crippen LogP contribution in [0.4, 0.5) is 23.2 Å². The number of benzene rings is 2. The lowest BCUT2D eigenvalue weighted by Crippen LogP contribution is -2.47. The normalized spacial score (nSPS) is 16.0. The van der Waals surface area contributed by atoms with Gasteiger partial charge in [0.2, 0.25) is 5.91 Å². The van der Waals surface area contributed by atoms with E-state index in [4.69, 9.17) is 0 Å². The van der Waals surface area contributed by atoms with E-state index < -0.39 is 11.7 Å². The highest BCUT2D eigenvalue weighted by molar-refractivity contribution is 5.93. The predicted molar refractivity (Wildman–Crippen MR) is 104 cm³/mol. The molecular weight excluding hydrogens is 384 g/mol. The molecular formula is C22H24F4N2O. The highest BCUT2D eigenvalue weighted by Crippen LogP contribution is 2.30. The summed E-state index contributed by atoms with van der Waals surface area (Å²) in [5.74, 6) is -0.374. The van der Waals surface area contributed by atoms with Crippen molar-refractivity contribution >= 4 is 11.6 Å². The number of likely N-dealkylation sites (tertiary alicyclic amines) is 1. The minimum atomic E-state index is -4.35. The van der Waals surface area contributed by atoms with Crippen LogP contribution in [0.2, 0.25) is 0 Å². The van der Waals surface area contributed by atoms with Crippen molar-refractivity contribution in [1.29, 1.82) is 0 Å². The number of amides is 1. The standard InChI is InChI=1S/C22H24F4N2O/c1-2-21(29)28(19-8-6-18(23)7-9-19)20-10-12-27(13-11-20)15-16-4-3-5-17(14-16)22(24,25)26/h3-9,14,20H,2,10-13,15H2,1H3. The fourth-order valence-electron chi connectivity index (χ4n) is 3.77. The van der Waals surface area contributed by atoms with Gasteiger partial charge < -0.3 is 4.90 Å². The number of nitrogens with zero attached hydrogens (tertiary/aromatic N) is 2. The van der Waals surface area contributed by atoms with Gasteiger partial charge in [-0.2, -0.15) is 13.2 Å². The van der Waals surface area contributed by atoms with Gasteiger partial charge in [-0.3, -0.25) is 9.69 Å². The summed E-state index contributed by atoms with van der Waals surface area (Å²) in [7, 11) is 0. The molecule has 29 heavy (non-hydrogen) atoms. The summed E-state index contributed by atoms with van der Waals surface area (Å²) >= 11 is 0. The summed E-state index contributed by atoms with van der Waals surface area (Å²) in [6, 6.07) is 11.3. The van der Waals surface area contributed by atoms with Crippen LogP contribution in [-0.2, 0) is 17.5 Å². The molecule has 2 aromatic rings. The number of hydrogen-bond donors (Lipinski definition) is 0. The number of carbonyl (C=O) groups excluding carboxylic acids is 1. The van der Waals surface area contributed by atoms with E-state index in [-0.39, 0.29) is 17.8 Å². The SMILES string of the molecule is CCC(=O)N(c1ccc(F)cc1)C1CCN(Cc2cccc(C(F)(F)F)c2)CC1. The van der Waals surface area contributed by atoms with E-state index >= 15 is 0 Å². The molecule has 1 heterocycles. The Hall–Kier alpha value is -2.41. The maximum Gasteiger partial charge on any atom is 0.416 e. The third-order valence-corrected chi connectivity index (χ3v) is 5.26. The number of rotatable bonds is 5. The van der Waals surface area contributed by atoms with E-state index in [1.165, 1.54) is 24.3 Å². The van der Waals surface area contributed by atoms with Crippen LogP contribution in [-0.4, -0.2) is 29.9 Å². The van der Waals surface area contributed by atoms with Crippen LogP contribution >= 0.6 is 0 Å². The molecule has 0 spiro atoms. The zero-order valence-electron chi connectivity index (χ0n) is 16.3. The first-order valence-electron chi connectivity index (χ1n) is 9.74. The molecule has 0 aliphatic carbocycles. The van der Waals surface area contributed by atoms with E-state index in [2.05, 4.69) is 4.90 Å². The molecule has 1 amide bonds. The molecule has 0 saturated carbocycles. The molecule has 3 rings (SSSR count). The van der Waals surface area contributed by atoms with Crippen LogP contribution in [0.15, 0.2) is 48.5 Å². The molecule has 1 saturated heterocycles. The average Bonchev–Trinajstić information content (AvgIpc) is 2.70. The molecule has 3 nitrogen and oxygen atoms in total. The van der Waals surface area contributed by atoms with Crippen molar-refractivity contribution in [3.05, 3.63) is 65.5 Å². The highest BCUT2D eigenvalue weighted by Gasteiger charge is 2.31. The van der Waals surface area contributed by atoms with Gasteiger partial charge in [-0.15, -0.1) is 0 Å². The monoisotopic (exact) mass is 408 g/mol. The summed E-state index contributed by atoms with van der Waals surface area (Å²) in [5.41, 5.74) is 0.661. The average molecular weight is 408 g/mol. The fourth-order valence-corrected chi connectivity index (χ4v) is 3.77. The maximum atomic E-state index is 13.3. The van der Waals surface area contributed by atoms with Crippen molar-refractivity contribution in [3.63, 3.8) is 0 Å². The Balaban J connectivity index is 1.65. The predicted octanol–water partition coefficient (Wildman–Crippen LogP) is 5.25. The second-order valence-electron chi connectivity index (χ2n) is 7.30. The summed E-state index contributed by atoms with van der Waals surface area (Å²) in [6.45, 7) is 3.59. The van der Waals surface area contributed by atoms with Gasteiger partial charge in [0.1, 0.15) is 5.82 Å². The first kappa shape index (κ1) is 21.3. The van der Waals surface area contributed by atoms with Gasteiger partial charge in [-0.05, 0) is 48.7 Å². The third-order valence-electron chi connectivity index (χ3n) is 5.26. The van der Waals surface area contributed by atoms with Gasteiger partial charge in [-0.25, -0.2) is 4.39 Å². The molecule has 7 heteroatoms. The van der Waals surface area contributed by atoms with Gasteiger partial charge in [0.05, 0.1) is 5.56 Å². The summed E-state index contributed by atoms with van der Waals surface area (Å²) < 4.78 is 52.0. The van der Waals surface area contributed by atoms with Gasteiger partial charge in [-0.1, -0.05) is 25.1 Å². The van der Waals surface area contributed by atoms with Crippen molar-refractivity contribution in [2.45, 2.75) is 44.9 Å². The van der Waals surface area contributed by atoms with Crippen LogP contribution < -0.4 is 4.90 Å². The largest absolute Gasteiger partial charge is 0.416 e. The second-order valence-corrected chi connectivity index (χ2v) is 7.30. The van der Waals surface area contributed by atoms with Gasteiger partial charge in [0.15, 0.2) is 0 Å². The molecule has 0 radical (unpaired) electrons. The Morgan fingerprint density at radius 1 is 1.10 bits per heavy atom. The van der Waals surface area contributed by atoms with E-state index in [0.29, 0.717) is 50.1 Å². The van der Waals surface area contributed by atoms with Crippen LogP contribution in [0, 0.1) is 5.82 Å². The lowest BCUT2D eigenvalue weighted by atomic mass is 10.0. The zero-order chi connectivity index (χ0) is 21.0. The number of piperidine rings is 1. The molecule has 1 fully saturated rings. The topological polar surface area (TPSA) is 23.6 Å². The van der Waals surface area contributed by atoms with E-state index in [0.717, 1.165) is 6.07 Å². The Bertz CT molecular complexity index is 827. The Morgan fingerprint density at radius 2 is 1.76 bits per heavy atom. The maximum absolute atomic E-state index is 13.3. The van der Waals surface area contributed by atoms with Gasteiger partial charge in [0.25, 0.3) is 0 Å². The van der Waals surface area contributed by atoms with E-state index in [9.17, 15) is 22.4 Å². The summed E-state index contributed by atoms with van der Waals surface area (Å²) in [6.07, 6.45) is -2.58. The van der Waals surface area contributed by atoms with Gasteiger partial charge in [0, 0.05) is 37.8 Å². The van der Waals surface area contributed by atoms with Crippen LogP contribution in [0.1, 0.15) is 37.3 Å². The minimum absolute atomic E-state index is 0.00864. The summed E-state index contributed by atoms with van der Waals surface area (Å²) in [5, 5.41) is 0. The molecule has 1 aliphatic rings. The van der Waals surface area contributed by atoms with Crippen LogP contribution in [0.3, 0.4) is 0 Å². The number of halogens is 4. The molecule has 2 aromatic carbocycles. The zero-order valence-corrected chi connectivity index (χ0v) is 16.3. The van der Waals surface area contributed by atoms with E-state index in [1.54, 1.807) is 30.0 Å².